The van der Waals surface area contributed by atoms with E-state index in [-0.39, 0.29) is 5.92 Å². The minimum Gasteiger partial charge on any atom is -0.459 e. The molecule has 1 aromatic carbocycles. The van der Waals surface area contributed by atoms with Crippen molar-refractivity contribution in [1.29, 1.82) is 0 Å². The van der Waals surface area contributed by atoms with Gasteiger partial charge in [-0.2, -0.15) is 0 Å². The molecule has 4 heteroatoms. The van der Waals surface area contributed by atoms with Crippen LogP contribution in [0, 0.1) is 29.4 Å². The average molecular weight is 395 g/mol. The molecule has 2 aliphatic rings. The van der Waals surface area contributed by atoms with Crippen LogP contribution in [-0.4, -0.2) is 6.67 Å². The van der Waals surface area contributed by atoms with Crippen LogP contribution >= 0.6 is 0 Å². The van der Waals surface area contributed by atoms with Crippen LogP contribution in [0.15, 0.2) is 24.5 Å². The molecule has 1 nitrogen and oxygen atoms in total. The number of halogens is 3. The van der Waals surface area contributed by atoms with E-state index in [0.29, 0.717) is 0 Å². The van der Waals surface area contributed by atoms with Gasteiger partial charge in [0.2, 0.25) is 0 Å². The van der Waals surface area contributed by atoms with E-state index in [2.05, 4.69) is 6.92 Å². The predicted octanol–water partition coefficient (Wildman–Crippen LogP) is 7.71. The minimum atomic E-state index is -0.731. The lowest BCUT2D eigenvalue weighted by Crippen LogP contribution is -2.25. The maximum atomic E-state index is 14.3. The highest BCUT2D eigenvalue weighted by Gasteiger charge is 2.31. The van der Waals surface area contributed by atoms with E-state index in [9.17, 15) is 13.2 Å². The molecule has 1 aromatic rings. The van der Waals surface area contributed by atoms with Crippen molar-refractivity contribution in [2.75, 3.05) is 6.67 Å². The van der Waals surface area contributed by atoms with E-state index < -0.39 is 24.1 Å². The quantitative estimate of drug-likeness (QED) is 0.430. The summed E-state index contributed by atoms with van der Waals surface area (Å²) < 4.78 is 45.5. The molecule has 0 aliphatic heterocycles. The lowest BCUT2D eigenvalue weighted by molar-refractivity contribution is 0.156. The largest absolute Gasteiger partial charge is 0.459 e. The number of hydrogen-bond acceptors (Lipinski definition) is 1. The van der Waals surface area contributed by atoms with Crippen molar-refractivity contribution in [2.24, 2.45) is 17.8 Å². The minimum absolute atomic E-state index is 0.215. The van der Waals surface area contributed by atoms with Crippen molar-refractivity contribution < 1.29 is 17.9 Å². The van der Waals surface area contributed by atoms with Gasteiger partial charge in [0.15, 0.2) is 17.4 Å². The predicted molar refractivity (Wildman–Crippen MR) is 107 cm³/mol. The van der Waals surface area contributed by atoms with Gasteiger partial charge in [-0.15, -0.1) is 0 Å². The SMILES string of the molecule is CCCC1CCC(C2CCC(c3cc(F)c(O/C=C/CF)c(F)c3)CC2)CC1. The molecule has 3 rings (SSSR count). The fraction of sp³-hybridized carbons (Fsp3) is 0.667. The first-order valence-electron chi connectivity index (χ1n) is 11.0. The standard InChI is InChI=1S/C24H33F3O/c1-2-4-17-5-7-18(8-6-17)19-9-11-20(12-10-19)21-15-22(26)24(23(27)16-21)28-14-3-13-25/h3,14-20H,2,4-13H2,1H3/b14-3+. The molecule has 0 spiro atoms. The molecule has 0 amide bonds. The van der Waals surface area contributed by atoms with Crippen molar-refractivity contribution in [1.82, 2.24) is 0 Å². The molecule has 2 fully saturated rings. The second-order valence-corrected chi connectivity index (χ2v) is 8.64. The molecule has 156 valence electrons. The number of benzene rings is 1. The van der Waals surface area contributed by atoms with E-state index in [0.717, 1.165) is 61.3 Å². The zero-order chi connectivity index (χ0) is 19.9. The van der Waals surface area contributed by atoms with Gasteiger partial charge in [-0.05, 0) is 86.0 Å². The number of rotatable bonds is 7. The van der Waals surface area contributed by atoms with Crippen LogP contribution in [0.5, 0.6) is 5.75 Å². The van der Waals surface area contributed by atoms with Crippen LogP contribution in [0.1, 0.15) is 82.6 Å². The Morgan fingerprint density at radius 2 is 1.50 bits per heavy atom. The van der Waals surface area contributed by atoms with Crippen LogP contribution in [0.25, 0.3) is 0 Å². The smallest absolute Gasteiger partial charge is 0.197 e. The van der Waals surface area contributed by atoms with Gasteiger partial charge in [0, 0.05) is 0 Å². The summed E-state index contributed by atoms with van der Waals surface area (Å²) in [5.74, 6) is 0.898. The molecule has 0 radical (unpaired) electrons. The molecular weight excluding hydrogens is 361 g/mol. The van der Waals surface area contributed by atoms with Gasteiger partial charge in [0.05, 0.1) is 6.26 Å². The third-order valence-corrected chi connectivity index (χ3v) is 6.89. The van der Waals surface area contributed by atoms with Crippen molar-refractivity contribution in [3.05, 3.63) is 41.7 Å². The fourth-order valence-electron chi connectivity index (χ4n) is 5.36. The van der Waals surface area contributed by atoms with Gasteiger partial charge >= 0.3 is 0 Å². The number of alkyl halides is 1. The Balaban J connectivity index is 1.54. The summed E-state index contributed by atoms with van der Waals surface area (Å²) in [7, 11) is 0. The van der Waals surface area contributed by atoms with Gasteiger partial charge in [-0.1, -0.05) is 32.6 Å². The molecule has 0 N–H and O–H groups in total. The zero-order valence-corrected chi connectivity index (χ0v) is 16.9. The van der Waals surface area contributed by atoms with E-state index in [1.807, 2.05) is 0 Å². The Morgan fingerprint density at radius 1 is 0.929 bits per heavy atom. The molecule has 0 bridgehead atoms. The summed E-state index contributed by atoms with van der Waals surface area (Å²) in [6.45, 7) is 1.54. The lowest BCUT2D eigenvalue weighted by atomic mass is 9.68. The fourth-order valence-corrected chi connectivity index (χ4v) is 5.36. The second-order valence-electron chi connectivity index (χ2n) is 8.64. The summed E-state index contributed by atoms with van der Waals surface area (Å²) in [5.41, 5.74) is 0.724. The molecule has 0 heterocycles. The van der Waals surface area contributed by atoms with Crippen LogP contribution in [0.3, 0.4) is 0 Å². The van der Waals surface area contributed by atoms with Crippen LogP contribution in [0.4, 0.5) is 13.2 Å². The van der Waals surface area contributed by atoms with Gasteiger partial charge in [0.1, 0.15) is 6.67 Å². The summed E-state index contributed by atoms with van der Waals surface area (Å²) >= 11 is 0. The Bertz CT molecular complexity index is 618. The summed E-state index contributed by atoms with van der Waals surface area (Å²) in [5, 5.41) is 0. The molecule has 0 unspecified atom stereocenters. The van der Waals surface area contributed by atoms with Crippen molar-refractivity contribution in [3.63, 3.8) is 0 Å². The van der Waals surface area contributed by atoms with E-state index in [1.165, 1.54) is 50.7 Å². The molecular formula is C24H33F3O. The maximum absolute atomic E-state index is 14.3. The molecule has 0 atom stereocenters. The topological polar surface area (TPSA) is 9.23 Å². The van der Waals surface area contributed by atoms with Crippen molar-refractivity contribution >= 4 is 0 Å². The summed E-state index contributed by atoms with van der Waals surface area (Å²) in [6, 6.07) is 2.78. The highest BCUT2D eigenvalue weighted by atomic mass is 19.1. The highest BCUT2D eigenvalue weighted by molar-refractivity contribution is 5.34. The maximum Gasteiger partial charge on any atom is 0.197 e. The normalized spacial score (nSPS) is 28.6. The molecule has 28 heavy (non-hydrogen) atoms. The van der Waals surface area contributed by atoms with Gasteiger partial charge in [-0.3, -0.25) is 0 Å². The average Bonchev–Trinajstić information content (AvgIpc) is 2.71. The monoisotopic (exact) mass is 394 g/mol. The van der Waals surface area contributed by atoms with Crippen LogP contribution in [-0.2, 0) is 0 Å². The highest BCUT2D eigenvalue weighted by Crippen LogP contribution is 2.45. The first-order valence-corrected chi connectivity index (χ1v) is 11.0. The Hall–Kier alpha value is -1.45. The van der Waals surface area contributed by atoms with Gasteiger partial charge in [-0.25, -0.2) is 13.2 Å². The number of ether oxygens (including phenoxy) is 1. The Labute approximate surface area is 167 Å². The third kappa shape index (κ3) is 5.33. The van der Waals surface area contributed by atoms with E-state index in [1.54, 1.807) is 0 Å². The van der Waals surface area contributed by atoms with E-state index >= 15 is 0 Å². The van der Waals surface area contributed by atoms with Crippen molar-refractivity contribution in [3.8, 4) is 5.75 Å². The Morgan fingerprint density at radius 3 is 2.04 bits per heavy atom. The second kappa shape index (κ2) is 10.4. The molecule has 2 saturated carbocycles. The first kappa shape index (κ1) is 21.3. The third-order valence-electron chi connectivity index (χ3n) is 6.89. The van der Waals surface area contributed by atoms with Crippen LogP contribution < -0.4 is 4.74 Å². The molecule has 2 aliphatic carbocycles. The molecule has 0 saturated heterocycles. The van der Waals surface area contributed by atoms with E-state index in [4.69, 9.17) is 4.74 Å². The number of allylic oxidation sites excluding steroid dienone is 1. The number of hydrogen-bond donors (Lipinski definition) is 0. The first-order chi connectivity index (χ1) is 13.6. The van der Waals surface area contributed by atoms with Crippen molar-refractivity contribution in [2.45, 2.75) is 77.0 Å². The lowest BCUT2D eigenvalue weighted by Gasteiger charge is -2.38. The van der Waals surface area contributed by atoms with Crippen LogP contribution in [0.2, 0.25) is 0 Å². The zero-order valence-electron chi connectivity index (χ0n) is 16.9. The van der Waals surface area contributed by atoms with Gasteiger partial charge in [0.25, 0.3) is 0 Å². The van der Waals surface area contributed by atoms with Gasteiger partial charge < -0.3 is 4.74 Å². The summed E-state index contributed by atoms with van der Waals surface area (Å²) in [4.78, 5) is 0. The Kier molecular flexibility index (Phi) is 7.87. The summed E-state index contributed by atoms with van der Waals surface area (Å²) in [6.07, 6.45) is 14.5. The molecule has 0 aromatic heterocycles.